The van der Waals surface area contributed by atoms with Gasteiger partial charge in [-0.15, -0.1) is 0 Å². The Kier molecular flexibility index (Phi) is 4.49. The van der Waals surface area contributed by atoms with Crippen molar-refractivity contribution in [2.45, 2.75) is 13.8 Å². The first-order valence-corrected chi connectivity index (χ1v) is 5.78. The lowest BCUT2D eigenvalue weighted by Gasteiger charge is -2.22. The molecule has 0 aliphatic carbocycles. The van der Waals surface area contributed by atoms with E-state index in [1.807, 2.05) is 0 Å². The van der Waals surface area contributed by atoms with Crippen molar-refractivity contribution in [2.24, 2.45) is 11.1 Å². The van der Waals surface area contributed by atoms with E-state index in [2.05, 4.69) is 45.1 Å². The Bertz CT molecular complexity index is 357. The zero-order valence-electron chi connectivity index (χ0n) is 9.75. The summed E-state index contributed by atoms with van der Waals surface area (Å²) in [5.74, 6) is 1.06. The minimum absolute atomic E-state index is 0.0175. The van der Waals surface area contributed by atoms with Crippen molar-refractivity contribution in [3.63, 3.8) is 0 Å². The highest BCUT2D eigenvalue weighted by Gasteiger charge is 2.16. The molecule has 90 valence electrons. The Hall–Kier alpha value is -0.880. The normalized spacial score (nSPS) is 11.3. The molecule has 0 aliphatic rings. The molecule has 0 bridgehead atoms. The molecular weight excluding hydrogens is 272 g/mol. The Labute approximate surface area is 104 Å². The Balaban J connectivity index is 2.68. The van der Waals surface area contributed by atoms with Gasteiger partial charge in [-0.2, -0.15) is 4.98 Å². The van der Waals surface area contributed by atoms with Gasteiger partial charge >= 0.3 is 0 Å². The summed E-state index contributed by atoms with van der Waals surface area (Å²) in [7, 11) is 1.57. The van der Waals surface area contributed by atoms with Gasteiger partial charge in [0.05, 0.1) is 17.8 Å². The highest BCUT2D eigenvalue weighted by atomic mass is 79.9. The maximum Gasteiger partial charge on any atom is 0.232 e. The maximum absolute atomic E-state index is 5.64. The van der Waals surface area contributed by atoms with Crippen LogP contribution in [0.5, 0.6) is 5.88 Å². The molecule has 1 heterocycles. The van der Waals surface area contributed by atoms with Gasteiger partial charge in [0.15, 0.2) is 0 Å². The number of hydrogen-bond donors (Lipinski definition) is 2. The first kappa shape index (κ1) is 13.2. The quantitative estimate of drug-likeness (QED) is 0.862. The average Bonchev–Trinajstić information content (AvgIpc) is 2.28. The van der Waals surface area contributed by atoms with Crippen LogP contribution in [0.1, 0.15) is 13.8 Å². The molecule has 0 radical (unpaired) electrons. The van der Waals surface area contributed by atoms with Crippen molar-refractivity contribution in [3.05, 3.63) is 10.7 Å². The van der Waals surface area contributed by atoms with Crippen LogP contribution >= 0.6 is 15.9 Å². The van der Waals surface area contributed by atoms with Crippen LogP contribution in [-0.4, -0.2) is 30.2 Å². The molecule has 0 aliphatic heterocycles. The molecule has 3 N–H and O–H groups in total. The van der Waals surface area contributed by atoms with Crippen molar-refractivity contribution in [1.29, 1.82) is 0 Å². The molecule has 0 aromatic carbocycles. The summed E-state index contributed by atoms with van der Waals surface area (Å²) in [5.41, 5.74) is 5.66. The molecule has 0 atom stereocenters. The molecular formula is C10H17BrN4O. The number of methoxy groups -OCH3 is 1. The third-order valence-corrected chi connectivity index (χ3v) is 2.73. The lowest BCUT2D eigenvalue weighted by molar-refractivity contribution is 0.391. The maximum atomic E-state index is 5.64. The first-order chi connectivity index (χ1) is 7.48. The van der Waals surface area contributed by atoms with Gasteiger partial charge in [-0.05, 0) is 27.9 Å². The molecule has 6 heteroatoms. The summed E-state index contributed by atoms with van der Waals surface area (Å²) in [5, 5.41) is 3.13. The number of nitrogens with one attached hydrogen (secondary N) is 1. The zero-order valence-corrected chi connectivity index (χ0v) is 11.3. The molecule has 1 aromatic heterocycles. The van der Waals surface area contributed by atoms with Crippen LogP contribution in [0, 0.1) is 5.41 Å². The lowest BCUT2D eigenvalue weighted by Crippen LogP contribution is -2.31. The number of hydrogen-bond acceptors (Lipinski definition) is 5. The van der Waals surface area contributed by atoms with E-state index in [9.17, 15) is 0 Å². The van der Waals surface area contributed by atoms with Crippen LogP contribution < -0.4 is 15.8 Å². The predicted octanol–water partition coefficient (Wildman–Crippen LogP) is 1.64. The second-order valence-corrected chi connectivity index (χ2v) is 5.13. The van der Waals surface area contributed by atoms with Crippen LogP contribution in [0.3, 0.4) is 0 Å². The molecule has 0 fully saturated rings. The molecule has 0 saturated carbocycles. The van der Waals surface area contributed by atoms with E-state index in [1.54, 1.807) is 13.3 Å². The van der Waals surface area contributed by atoms with Gasteiger partial charge in [-0.3, -0.25) is 0 Å². The molecule has 0 unspecified atom stereocenters. The van der Waals surface area contributed by atoms with Crippen LogP contribution in [0.4, 0.5) is 5.95 Å². The van der Waals surface area contributed by atoms with E-state index < -0.39 is 0 Å². The highest BCUT2D eigenvalue weighted by molar-refractivity contribution is 9.10. The van der Waals surface area contributed by atoms with Crippen molar-refractivity contribution < 1.29 is 4.74 Å². The summed E-state index contributed by atoms with van der Waals surface area (Å²) in [6, 6.07) is 0. The van der Waals surface area contributed by atoms with Gasteiger partial charge in [0.2, 0.25) is 11.8 Å². The van der Waals surface area contributed by atoms with E-state index in [0.29, 0.717) is 24.9 Å². The third-order valence-electron chi connectivity index (χ3n) is 2.18. The number of anilines is 1. The molecule has 0 saturated heterocycles. The largest absolute Gasteiger partial charge is 0.480 e. The topological polar surface area (TPSA) is 73.1 Å². The highest BCUT2D eigenvalue weighted by Crippen LogP contribution is 2.22. The van der Waals surface area contributed by atoms with Gasteiger partial charge in [-0.25, -0.2) is 4.98 Å². The first-order valence-electron chi connectivity index (χ1n) is 4.99. The second-order valence-electron chi connectivity index (χ2n) is 4.27. The van der Waals surface area contributed by atoms with Crippen LogP contribution in [0.2, 0.25) is 0 Å². The molecule has 16 heavy (non-hydrogen) atoms. The number of rotatable bonds is 5. The molecule has 0 amide bonds. The van der Waals surface area contributed by atoms with Crippen molar-refractivity contribution >= 4 is 21.9 Å². The summed E-state index contributed by atoms with van der Waals surface area (Å²) >= 11 is 3.30. The Morgan fingerprint density at radius 1 is 1.56 bits per heavy atom. The van der Waals surface area contributed by atoms with Gasteiger partial charge in [0.25, 0.3) is 0 Å². The number of ether oxygens (including phenoxy) is 1. The van der Waals surface area contributed by atoms with Crippen LogP contribution in [0.15, 0.2) is 10.7 Å². The second kappa shape index (κ2) is 5.45. The molecule has 5 nitrogen and oxygen atoms in total. The number of aromatic nitrogens is 2. The van der Waals surface area contributed by atoms with Crippen LogP contribution in [0.25, 0.3) is 0 Å². The molecule has 0 spiro atoms. The van der Waals surface area contributed by atoms with E-state index in [0.717, 1.165) is 4.47 Å². The minimum Gasteiger partial charge on any atom is -0.480 e. The molecule has 1 aromatic rings. The third kappa shape index (κ3) is 3.61. The average molecular weight is 289 g/mol. The summed E-state index contributed by atoms with van der Waals surface area (Å²) < 4.78 is 5.82. The summed E-state index contributed by atoms with van der Waals surface area (Å²) in [4.78, 5) is 8.33. The lowest BCUT2D eigenvalue weighted by atomic mass is 9.94. The SMILES string of the molecule is COc1nc(NCC(C)(C)CN)ncc1Br. The summed E-state index contributed by atoms with van der Waals surface area (Å²) in [6.07, 6.45) is 1.66. The van der Waals surface area contributed by atoms with Gasteiger partial charge in [-0.1, -0.05) is 13.8 Å². The zero-order chi connectivity index (χ0) is 12.2. The fraction of sp³-hybridized carbons (Fsp3) is 0.600. The minimum atomic E-state index is 0.0175. The number of nitrogens with zero attached hydrogens (tertiary/aromatic N) is 2. The van der Waals surface area contributed by atoms with Crippen molar-refractivity contribution in [1.82, 2.24) is 9.97 Å². The molecule has 1 rings (SSSR count). The van der Waals surface area contributed by atoms with E-state index >= 15 is 0 Å². The standard InChI is InChI=1S/C10H17BrN4O/c1-10(2,5-12)6-14-9-13-4-7(11)8(15-9)16-3/h4H,5-6,12H2,1-3H3,(H,13,14,15). The fourth-order valence-corrected chi connectivity index (χ4v) is 1.32. The summed E-state index contributed by atoms with van der Waals surface area (Å²) in [6.45, 7) is 5.48. The fourth-order valence-electron chi connectivity index (χ4n) is 0.970. The van der Waals surface area contributed by atoms with Gasteiger partial charge in [0, 0.05) is 6.54 Å². The van der Waals surface area contributed by atoms with Crippen molar-refractivity contribution in [3.8, 4) is 5.88 Å². The number of halogens is 1. The Morgan fingerprint density at radius 2 is 2.25 bits per heavy atom. The van der Waals surface area contributed by atoms with Gasteiger partial charge < -0.3 is 15.8 Å². The van der Waals surface area contributed by atoms with Crippen molar-refractivity contribution in [2.75, 3.05) is 25.5 Å². The van der Waals surface area contributed by atoms with E-state index in [-0.39, 0.29) is 5.41 Å². The van der Waals surface area contributed by atoms with Crippen LogP contribution in [-0.2, 0) is 0 Å². The smallest absolute Gasteiger partial charge is 0.232 e. The monoisotopic (exact) mass is 288 g/mol. The number of nitrogens with two attached hydrogens (primary N) is 1. The van der Waals surface area contributed by atoms with E-state index in [4.69, 9.17) is 10.5 Å². The predicted molar refractivity (Wildman–Crippen MR) is 67.6 cm³/mol. The van der Waals surface area contributed by atoms with E-state index in [1.165, 1.54) is 0 Å². The van der Waals surface area contributed by atoms with Gasteiger partial charge in [0.1, 0.15) is 0 Å². The Morgan fingerprint density at radius 3 is 2.81 bits per heavy atom.